The molecule has 1 unspecified atom stereocenters. The summed E-state index contributed by atoms with van der Waals surface area (Å²) in [6, 6.07) is 3.10. The molecule has 0 aliphatic heterocycles. The molecule has 0 saturated heterocycles. The minimum atomic E-state index is -1.17. The Morgan fingerprint density at radius 3 is 2.77 bits per heavy atom. The van der Waals surface area contributed by atoms with Gasteiger partial charge in [0.25, 0.3) is 0 Å². The first-order valence-electron chi connectivity index (χ1n) is 7.01. The van der Waals surface area contributed by atoms with Gasteiger partial charge in [0.15, 0.2) is 0 Å². The third kappa shape index (κ3) is 2.48. The number of benzene rings is 1. The van der Waals surface area contributed by atoms with Crippen LogP contribution in [0.5, 0.6) is 0 Å². The number of aromatic carboxylic acids is 1. The molecule has 2 aromatic rings. The Balaban J connectivity index is 2.06. The second kappa shape index (κ2) is 5.37. The highest BCUT2D eigenvalue weighted by Gasteiger charge is 2.47. The van der Waals surface area contributed by atoms with Crippen molar-refractivity contribution in [3.63, 3.8) is 0 Å². The lowest BCUT2D eigenvalue weighted by Gasteiger charge is -2.30. The van der Waals surface area contributed by atoms with Crippen molar-refractivity contribution < 1.29 is 15.0 Å². The quantitative estimate of drug-likeness (QED) is 0.881. The fourth-order valence-electron chi connectivity index (χ4n) is 2.81. The molecule has 3 rings (SSSR count). The first-order valence-corrected chi connectivity index (χ1v) is 7.39. The molecular weight excluding hydrogens is 306 g/mol. The van der Waals surface area contributed by atoms with Crippen molar-refractivity contribution >= 4 is 17.6 Å². The van der Waals surface area contributed by atoms with Crippen molar-refractivity contribution in [1.29, 1.82) is 0 Å². The number of aromatic nitrogens is 3. The Morgan fingerprint density at radius 2 is 2.23 bits per heavy atom. The number of nitrogens with zero attached hydrogens (tertiary/aromatic N) is 3. The van der Waals surface area contributed by atoms with E-state index < -0.39 is 11.6 Å². The van der Waals surface area contributed by atoms with Gasteiger partial charge in [-0.05, 0) is 37.3 Å². The third-order valence-electron chi connectivity index (χ3n) is 4.21. The molecule has 0 amide bonds. The summed E-state index contributed by atoms with van der Waals surface area (Å²) in [5.74, 6) is -0.943. The van der Waals surface area contributed by atoms with Crippen molar-refractivity contribution in [1.82, 2.24) is 14.8 Å². The van der Waals surface area contributed by atoms with Crippen LogP contribution >= 0.6 is 11.6 Å². The van der Waals surface area contributed by atoms with E-state index in [1.54, 1.807) is 24.0 Å². The highest BCUT2D eigenvalue weighted by Crippen LogP contribution is 2.49. The van der Waals surface area contributed by atoms with E-state index in [-0.39, 0.29) is 18.0 Å². The number of carbonyl (C=O) groups is 1. The average Bonchev–Trinajstić information content (AvgIpc) is 3.21. The van der Waals surface area contributed by atoms with Crippen molar-refractivity contribution in [2.75, 3.05) is 0 Å². The zero-order chi connectivity index (χ0) is 15.9. The Kier molecular flexibility index (Phi) is 3.66. The lowest BCUT2D eigenvalue weighted by molar-refractivity contribution is -0.00775. The number of carboxylic acid groups (broad SMARTS) is 1. The topological polar surface area (TPSA) is 88.2 Å². The molecule has 7 heteroatoms. The van der Waals surface area contributed by atoms with Gasteiger partial charge in [-0.25, -0.2) is 14.5 Å². The fraction of sp³-hybridized carbons (Fsp3) is 0.400. The molecule has 22 heavy (non-hydrogen) atoms. The molecular formula is C15H16ClN3O3. The van der Waals surface area contributed by atoms with Gasteiger partial charge < -0.3 is 10.2 Å². The minimum Gasteiger partial charge on any atom is -0.478 e. The summed E-state index contributed by atoms with van der Waals surface area (Å²) in [5.41, 5.74) is -0.0151. The van der Waals surface area contributed by atoms with E-state index in [2.05, 4.69) is 10.1 Å². The van der Waals surface area contributed by atoms with Gasteiger partial charge in [-0.3, -0.25) is 0 Å². The molecule has 6 nitrogen and oxygen atoms in total. The summed E-state index contributed by atoms with van der Waals surface area (Å²) < 4.78 is 1.56. The van der Waals surface area contributed by atoms with Gasteiger partial charge in [-0.2, -0.15) is 5.10 Å². The van der Waals surface area contributed by atoms with E-state index >= 15 is 0 Å². The van der Waals surface area contributed by atoms with Gasteiger partial charge >= 0.3 is 5.97 Å². The molecule has 1 aromatic heterocycles. The van der Waals surface area contributed by atoms with E-state index in [1.165, 1.54) is 12.4 Å². The first kappa shape index (κ1) is 15.0. The van der Waals surface area contributed by atoms with Crippen molar-refractivity contribution in [2.45, 2.75) is 31.9 Å². The predicted octanol–water partition coefficient (Wildman–Crippen LogP) is 2.24. The van der Waals surface area contributed by atoms with E-state index in [1.807, 2.05) is 0 Å². The van der Waals surface area contributed by atoms with Crippen LogP contribution in [0, 0.1) is 12.8 Å². The molecule has 2 N–H and O–H groups in total. The second-order valence-corrected chi connectivity index (χ2v) is 6.07. The highest BCUT2D eigenvalue weighted by molar-refractivity contribution is 6.32. The molecule has 1 heterocycles. The van der Waals surface area contributed by atoms with Gasteiger partial charge in [0.05, 0.1) is 17.1 Å². The number of aliphatic hydroxyl groups is 1. The number of hydrogen-bond donors (Lipinski definition) is 2. The lowest BCUT2D eigenvalue weighted by atomic mass is 9.86. The molecule has 116 valence electrons. The monoisotopic (exact) mass is 321 g/mol. The Bertz CT molecular complexity index is 713. The highest BCUT2D eigenvalue weighted by atomic mass is 35.5. The molecule has 0 radical (unpaired) electrons. The second-order valence-electron chi connectivity index (χ2n) is 5.70. The Labute approximate surface area is 132 Å². The predicted molar refractivity (Wildman–Crippen MR) is 79.8 cm³/mol. The summed E-state index contributed by atoms with van der Waals surface area (Å²) >= 11 is 6.37. The Morgan fingerprint density at radius 1 is 1.50 bits per heavy atom. The van der Waals surface area contributed by atoms with Crippen molar-refractivity contribution in [3.8, 4) is 0 Å². The molecule has 1 fully saturated rings. The summed E-state index contributed by atoms with van der Waals surface area (Å²) in [5, 5.41) is 24.7. The largest absolute Gasteiger partial charge is 0.478 e. The lowest BCUT2D eigenvalue weighted by Crippen LogP contribution is -2.34. The van der Waals surface area contributed by atoms with Gasteiger partial charge in [0.1, 0.15) is 18.3 Å². The van der Waals surface area contributed by atoms with Crippen molar-refractivity contribution in [3.05, 3.63) is 46.5 Å². The fourth-order valence-corrected chi connectivity index (χ4v) is 3.14. The van der Waals surface area contributed by atoms with Crippen LogP contribution in [0.25, 0.3) is 0 Å². The average molecular weight is 322 g/mol. The van der Waals surface area contributed by atoms with Gasteiger partial charge in [-0.15, -0.1) is 0 Å². The van der Waals surface area contributed by atoms with E-state index in [0.717, 1.165) is 12.8 Å². The summed E-state index contributed by atoms with van der Waals surface area (Å²) in [4.78, 5) is 15.1. The van der Waals surface area contributed by atoms with Gasteiger partial charge in [0.2, 0.25) is 0 Å². The maximum atomic E-state index is 11.2. The maximum absolute atomic E-state index is 11.2. The zero-order valence-electron chi connectivity index (χ0n) is 12.0. The molecule has 0 spiro atoms. The smallest absolute Gasteiger partial charge is 0.336 e. The van der Waals surface area contributed by atoms with E-state index in [9.17, 15) is 9.90 Å². The molecule has 1 aliphatic carbocycles. The molecule has 1 atom stereocenters. The van der Waals surface area contributed by atoms with Crippen LogP contribution < -0.4 is 0 Å². The van der Waals surface area contributed by atoms with Gasteiger partial charge in [0, 0.05) is 5.56 Å². The van der Waals surface area contributed by atoms with E-state index in [4.69, 9.17) is 16.7 Å². The van der Waals surface area contributed by atoms with Crippen LogP contribution in [0.4, 0.5) is 0 Å². The van der Waals surface area contributed by atoms with Crippen LogP contribution in [0.2, 0.25) is 5.02 Å². The Hall–Kier alpha value is -1.92. The normalized spacial score (nSPS) is 17.2. The third-order valence-corrected chi connectivity index (χ3v) is 4.69. The minimum absolute atomic E-state index is 0.0873. The van der Waals surface area contributed by atoms with Crippen molar-refractivity contribution in [2.24, 2.45) is 5.92 Å². The summed E-state index contributed by atoms with van der Waals surface area (Å²) in [6.45, 7) is 1.89. The number of hydrogen-bond acceptors (Lipinski definition) is 4. The van der Waals surface area contributed by atoms with Crippen LogP contribution in [0.1, 0.15) is 34.3 Å². The first-order chi connectivity index (χ1) is 10.4. The van der Waals surface area contributed by atoms with Crippen LogP contribution in [0.3, 0.4) is 0 Å². The summed E-state index contributed by atoms with van der Waals surface area (Å²) in [6.07, 6.45) is 4.76. The molecule has 1 aliphatic rings. The molecule has 1 aromatic carbocycles. The number of carboxylic acids is 1. The number of rotatable bonds is 5. The number of halogens is 1. The molecule has 1 saturated carbocycles. The SMILES string of the molecule is Cc1c(C(=O)O)ccc(C(O)(Cn2cncn2)C2CC2)c1Cl. The summed E-state index contributed by atoms with van der Waals surface area (Å²) in [7, 11) is 0. The molecule has 0 bridgehead atoms. The standard InChI is InChI=1S/C15H16ClN3O3/c1-9-11(14(20)21)4-5-12(13(9)16)15(22,10-2-3-10)6-19-8-17-7-18-19/h4-5,7-8,10,22H,2-3,6H2,1H3,(H,20,21). The zero-order valence-corrected chi connectivity index (χ0v) is 12.8. The van der Waals surface area contributed by atoms with Gasteiger partial charge in [-0.1, -0.05) is 17.7 Å². The van der Waals surface area contributed by atoms with Crippen LogP contribution in [0.15, 0.2) is 24.8 Å². The maximum Gasteiger partial charge on any atom is 0.336 e. The van der Waals surface area contributed by atoms with Crippen LogP contribution in [-0.4, -0.2) is 30.9 Å². The van der Waals surface area contributed by atoms with E-state index in [0.29, 0.717) is 16.1 Å². The van der Waals surface area contributed by atoms with Crippen LogP contribution in [-0.2, 0) is 12.1 Å².